The van der Waals surface area contributed by atoms with Crippen LogP contribution < -0.4 is 0 Å². The first-order valence-corrected chi connectivity index (χ1v) is 19.3. The van der Waals surface area contributed by atoms with Crippen molar-refractivity contribution in [2.24, 2.45) is 11.8 Å². The molecule has 2 N–H and O–H groups in total. The summed E-state index contributed by atoms with van der Waals surface area (Å²) in [5.74, 6) is -0.618. The third kappa shape index (κ3) is 11.2. The fourth-order valence-corrected chi connectivity index (χ4v) is 7.37. The highest BCUT2D eigenvalue weighted by molar-refractivity contribution is 7.16. The Kier molecular flexibility index (Phi) is 15.4. The quantitative estimate of drug-likeness (QED) is 0.114. The summed E-state index contributed by atoms with van der Waals surface area (Å²) in [6.07, 6.45) is -5.16. The molecule has 10 heteroatoms. The van der Waals surface area contributed by atoms with E-state index in [1.165, 1.54) is 0 Å². The highest BCUT2D eigenvalue weighted by atomic mass is 31.0. The van der Waals surface area contributed by atoms with Gasteiger partial charge in [-0.05, 0) is 28.7 Å². The SMILES string of the molecule is CC1C(OCc2ccccc2)[C@H](OCP)O[C@@H](COCc2ccccc2)[C@H]1O[C@@H]1CC(COCc2ccccc2)[C@H](O)[C@H](O)C1OCc1ccccc1. The minimum Gasteiger partial charge on any atom is -0.390 e. The van der Waals surface area contributed by atoms with Gasteiger partial charge in [-0.2, -0.15) is 0 Å². The highest BCUT2D eigenvalue weighted by Crippen LogP contribution is 2.37. The molecule has 11 atom stereocenters. The normalized spacial score (nSPS) is 28.8. The zero-order chi connectivity index (χ0) is 36.8. The van der Waals surface area contributed by atoms with Gasteiger partial charge in [-0.15, -0.1) is 9.24 Å². The minimum atomic E-state index is -1.21. The van der Waals surface area contributed by atoms with E-state index in [2.05, 4.69) is 16.2 Å². The Labute approximate surface area is 315 Å². The summed E-state index contributed by atoms with van der Waals surface area (Å²) in [5.41, 5.74) is 4.07. The molecule has 0 amide bonds. The second-order valence-electron chi connectivity index (χ2n) is 13.9. The lowest BCUT2D eigenvalue weighted by Gasteiger charge is -2.49. The zero-order valence-electron chi connectivity index (χ0n) is 30.3. The lowest BCUT2D eigenvalue weighted by molar-refractivity contribution is -0.317. The van der Waals surface area contributed by atoms with Crippen LogP contribution >= 0.6 is 9.24 Å². The molecule has 284 valence electrons. The molecule has 53 heavy (non-hydrogen) atoms. The van der Waals surface area contributed by atoms with Gasteiger partial charge < -0.3 is 43.4 Å². The van der Waals surface area contributed by atoms with Gasteiger partial charge in [-0.25, -0.2) is 0 Å². The number of ether oxygens (including phenoxy) is 7. The van der Waals surface area contributed by atoms with Crippen LogP contribution in [0, 0.1) is 11.8 Å². The van der Waals surface area contributed by atoms with Crippen molar-refractivity contribution in [1.29, 1.82) is 0 Å². The standard InChI is InChI=1S/C43H53O9P/c1-30-40(37(28-47-24-32-16-8-3-9-17-32)52-43(50-29-53)41(30)48-25-33-18-10-4-11-19-33)51-36-22-35(27-46-23-31-14-6-2-7-15-31)38(44)39(45)42(36)49-26-34-20-12-5-13-21-34/h2-21,30,35-45H,22-29,53H2,1H3/t30?,35?,36-,37+,38+,39+,40+,41?,42?,43-/m1/s1. The minimum absolute atomic E-state index is 0.217. The van der Waals surface area contributed by atoms with E-state index in [4.69, 9.17) is 33.2 Å². The third-order valence-electron chi connectivity index (χ3n) is 10.1. The fourth-order valence-electron chi connectivity index (χ4n) is 7.18. The van der Waals surface area contributed by atoms with Crippen molar-refractivity contribution in [2.45, 2.75) is 88.8 Å². The molecule has 1 aliphatic carbocycles. The lowest BCUT2D eigenvalue weighted by Crippen LogP contribution is -2.61. The van der Waals surface area contributed by atoms with Crippen LogP contribution in [-0.4, -0.2) is 78.8 Å². The second kappa shape index (κ2) is 20.6. The Morgan fingerprint density at radius 1 is 0.585 bits per heavy atom. The number of aliphatic hydroxyl groups excluding tert-OH is 2. The lowest BCUT2D eigenvalue weighted by atomic mass is 9.80. The number of hydrogen-bond acceptors (Lipinski definition) is 9. The maximum atomic E-state index is 11.7. The molecule has 0 spiro atoms. The third-order valence-corrected chi connectivity index (χ3v) is 10.2. The van der Waals surface area contributed by atoms with Gasteiger partial charge in [0.25, 0.3) is 0 Å². The molecular weight excluding hydrogens is 691 g/mol. The molecule has 4 aromatic rings. The van der Waals surface area contributed by atoms with Gasteiger partial charge in [-0.1, -0.05) is 128 Å². The molecular formula is C43H53O9P. The average molecular weight is 745 g/mol. The molecule has 0 bridgehead atoms. The molecule has 1 saturated carbocycles. The Morgan fingerprint density at radius 3 is 1.57 bits per heavy atom. The first-order valence-electron chi connectivity index (χ1n) is 18.5. The summed E-state index contributed by atoms with van der Waals surface area (Å²) >= 11 is 0. The molecule has 5 unspecified atom stereocenters. The zero-order valence-corrected chi connectivity index (χ0v) is 31.5. The monoisotopic (exact) mass is 744 g/mol. The molecule has 1 aliphatic heterocycles. The maximum absolute atomic E-state index is 11.7. The van der Waals surface area contributed by atoms with Gasteiger partial charge in [0.2, 0.25) is 0 Å². The van der Waals surface area contributed by atoms with Gasteiger partial charge in [0.1, 0.15) is 24.4 Å². The maximum Gasteiger partial charge on any atom is 0.185 e. The molecule has 0 aromatic heterocycles. The van der Waals surface area contributed by atoms with Crippen LogP contribution in [0.4, 0.5) is 0 Å². The molecule has 2 fully saturated rings. The van der Waals surface area contributed by atoms with Crippen molar-refractivity contribution < 1.29 is 43.4 Å². The van der Waals surface area contributed by atoms with E-state index in [0.29, 0.717) is 32.6 Å². The van der Waals surface area contributed by atoms with Crippen LogP contribution in [0.2, 0.25) is 0 Å². The van der Waals surface area contributed by atoms with E-state index in [-0.39, 0.29) is 25.7 Å². The van der Waals surface area contributed by atoms with Crippen molar-refractivity contribution in [3.63, 3.8) is 0 Å². The molecule has 6 rings (SSSR count). The molecule has 9 nitrogen and oxygen atoms in total. The van der Waals surface area contributed by atoms with Gasteiger partial charge in [0.15, 0.2) is 6.29 Å². The topological polar surface area (TPSA) is 105 Å². The molecule has 1 saturated heterocycles. The van der Waals surface area contributed by atoms with Gasteiger partial charge in [-0.3, -0.25) is 0 Å². The van der Waals surface area contributed by atoms with Crippen LogP contribution in [0.3, 0.4) is 0 Å². The summed E-state index contributed by atoms with van der Waals surface area (Å²) in [7, 11) is 2.60. The number of aliphatic hydroxyl groups is 2. The van der Waals surface area contributed by atoms with E-state index in [0.717, 1.165) is 22.3 Å². The Balaban J connectivity index is 1.24. The van der Waals surface area contributed by atoms with Crippen LogP contribution in [-0.2, 0) is 59.6 Å². The van der Waals surface area contributed by atoms with E-state index in [1.807, 2.05) is 121 Å². The molecule has 4 aromatic carbocycles. The summed E-state index contributed by atoms with van der Waals surface area (Å²) in [6, 6.07) is 39.7. The van der Waals surface area contributed by atoms with Crippen LogP contribution in [0.15, 0.2) is 121 Å². The first kappa shape index (κ1) is 39.6. The molecule has 0 radical (unpaired) electrons. The van der Waals surface area contributed by atoms with Crippen molar-refractivity contribution in [3.05, 3.63) is 144 Å². The van der Waals surface area contributed by atoms with E-state index < -0.39 is 54.9 Å². The summed E-state index contributed by atoms with van der Waals surface area (Å²) in [4.78, 5) is 0. The Bertz CT molecular complexity index is 1580. The van der Waals surface area contributed by atoms with Gasteiger partial charge >= 0.3 is 0 Å². The first-order chi connectivity index (χ1) is 26.0. The predicted molar refractivity (Wildman–Crippen MR) is 205 cm³/mol. The molecule has 2 aliphatic rings. The number of rotatable bonds is 18. The predicted octanol–water partition coefficient (Wildman–Crippen LogP) is 6.30. The second-order valence-corrected chi connectivity index (χ2v) is 14.2. The number of hydrogen-bond donors (Lipinski definition) is 2. The van der Waals surface area contributed by atoms with E-state index >= 15 is 0 Å². The summed E-state index contributed by atoms with van der Waals surface area (Å²) in [6.45, 7) is 3.98. The van der Waals surface area contributed by atoms with E-state index in [1.54, 1.807) is 0 Å². The highest BCUT2D eigenvalue weighted by Gasteiger charge is 2.51. The smallest absolute Gasteiger partial charge is 0.185 e. The van der Waals surface area contributed by atoms with Crippen LogP contribution in [0.1, 0.15) is 35.6 Å². The van der Waals surface area contributed by atoms with Crippen LogP contribution in [0.5, 0.6) is 0 Å². The van der Waals surface area contributed by atoms with Crippen molar-refractivity contribution in [1.82, 2.24) is 0 Å². The van der Waals surface area contributed by atoms with Gasteiger partial charge in [0, 0.05) is 11.8 Å². The Hall–Kier alpha value is -3.05. The largest absolute Gasteiger partial charge is 0.390 e. The van der Waals surface area contributed by atoms with E-state index in [9.17, 15) is 10.2 Å². The average Bonchev–Trinajstić information content (AvgIpc) is 3.19. The van der Waals surface area contributed by atoms with Crippen molar-refractivity contribution in [3.8, 4) is 0 Å². The van der Waals surface area contributed by atoms with Crippen LogP contribution in [0.25, 0.3) is 0 Å². The Morgan fingerprint density at radius 2 is 1.06 bits per heavy atom. The van der Waals surface area contributed by atoms with Crippen molar-refractivity contribution in [2.75, 3.05) is 19.6 Å². The van der Waals surface area contributed by atoms with Crippen molar-refractivity contribution >= 4 is 9.24 Å². The molecule has 1 heterocycles. The number of benzene rings is 4. The van der Waals surface area contributed by atoms with Gasteiger partial charge in [0.05, 0.1) is 64.3 Å². The fraction of sp³-hybridized carbons (Fsp3) is 0.442. The summed E-state index contributed by atoms with van der Waals surface area (Å²) in [5, 5.41) is 23.1. The summed E-state index contributed by atoms with van der Waals surface area (Å²) < 4.78 is 45.2.